The van der Waals surface area contributed by atoms with Gasteiger partial charge in [-0.2, -0.15) is 13.2 Å². The molecule has 0 atom stereocenters. The van der Waals surface area contributed by atoms with Crippen LogP contribution in [0.1, 0.15) is 5.56 Å². The van der Waals surface area contributed by atoms with Crippen molar-refractivity contribution in [3.63, 3.8) is 0 Å². The van der Waals surface area contributed by atoms with Crippen molar-refractivity contribution in [3.8, 4) is 11.6 Å². The summed E-state index contributed by atoms with van der Waals surface area (Å²) in [7, 11) is 0. The number of anilines is 1. The number of benzene rings is 2. The maximum atomic E-state index is 12.9. The lowest BCUT2D eigenvalue weighted by atomic mass is 10.2. The van der Waals surface area contributed by atoms with E-state index in [0.29, 0.717) is 33.9 Å². The van der Waals surface area contributed by atoms with Crippen LogP contribution in [0, 0.1) is 0 Å². The molecule has 0 aliphatic rings. The summed E-state index contributed by atoms with van der Waals surface area (Å²) < 4.78 is 46.2. The number of furan rings is 1. The van der Waals surface area contributed by atoms with E-state index in [-0.39, 0.29) is 11.4 Å². The van der Waals surface area contributed by atoms with E-state index in [1.807, 2.05) is 0 Å². The van der Waals surface area contributed by atoms with Crippen LogP contribution in [0.3, 0.4) is 0 Å². The monoisotopic (exact) mass is 492 g/mol. The predicted molar refractivity (Wildman–Crippen MR) is 121 cm³/mol. The molecule has 1 amide bonds. The Morgan fingerprint density at radius 3 is 2.79 bits per heavy atom. The number of allylic oxidation sites excluding steroid dienone is 1. The molecule has 0 aliphatic carbocycles. The second kappa shape index (κ2) is 9.32. The molecule has 4 aromatic rings. The van der Waals surface area contributed by atoms with Crippen molar-refractivity contribution in [2.24, 2.45) is 0 Å². The number of nitrogens with zero attached hydrogens (tertiary/aromatic N) is 3. The molecule has 6 nitrogen and oxygen atoms in total. The van der Waals surface area contributed by atoms with E-state index in [2.05, 4.69) is 22.1 Å². The molecule has 0 bridgehead atoms. The van der Waals surface area contributed by atoms with E-state index in [9.17, 15) is 18.0 Å². The highest BCUT2D eigenvalue weighted by Crippen LogP contribution is 2.32. The number of halogens is 4. The summed E-state index contributed by atoms with van der Waals surface area (Å²) in [6, 6.07) is 11.5. The van der Waals surface area contributed by atoms with Gasteiger partial charge in [0.2, 0.25) is 11.7 Å². The standard InChI is InChI=1S/C22H16ClF3N4O2S/c1-2-8-30-20(18-10-13-9-15(23)6-7-17(13)32-18)28-29-21(30)33-12-19(31)27-16-5-3-4-14(11-16)22(24,25)26/h2-7,9-11H,1,8,12H2,(H,27,31). The molecule has 0 fully saturated rings. The molecule has 2 aromatic heterocycles. The Hall–Kier alpha value is -3.24. The van der Waals surface area contributed by atoms with E-state index in [1.54, 1.807) is 34.9 Å². The van der Waals surface area contributed by atoms with Crippen LogP contribution in [0.15, 0.2) is 70.8 Å². The first-order chi connectivity index (χ1) is 15.7. The first-order valence-electron chi connectivity index (χ1n) is 9.58. The third-order valence-electron chi connectivity index (χ3n) is 4.53. The number of amides is 1. The molecule has 2 aromatic carbocycles. The molecule has 0 spiro atoms. The van der Waals surface area contributed by atoms with Gasteiger partial charge in [-0.15, -0.1) is 16.8 Å². The Morgan fingerprint density at radius 2 is 2.03 bits per heavy atom. The first-order valence-corrected chi connectivity index (χ1v) is 10.9. The number of alkyl halides is 3. The Labute approximate surface area is 195 Å². The zero-order valence-corrected chi connectivity index (χ0v) is 18.5. The summed E-state index contributed by atoms with van der Waals surface area (Å²) in [4.78, 5) is 12.3. The van der Waals surface area contributed by atoms with Crippen LogP contribution < -0.4 is 5.32 Å². The van der Waals surface area contributed by atoms with Crippen molar-refractivity contribution in [2.75, 3.05) is 11.1 Å². The van der Waals surface area contributed by atoms with Gasteiger partial charge in [-0.05, 0) is 42.5 Å². The molecule has 0 unspecified atom stereocenters. The highest BCUT2D eigenvalue weighted by atomic mass is 35.5. The van der Waals surface area contributed by atoms with Crippen LogP contribution in [-0.4, -0.2) is 26.4 Å². The highest BCUT2D eigenvalue weighted by molar-refractivity contribution is 7.99. The third-order valence-corrected chi connectivity index (χ3v) is 5.74. The minimum absolute atomic E-state index is 0.0598. The molecule has 0 saturated carbocycles. The molecule has 4 rings (SSSR count). The minimum atomic E-state index is -4.49. The van der Waals surface area contributed by atoms with Crippen LogP contribution >= 0.6 is 23.4 Å². The Bertz CT molecular complexity index is 1330. The summed E-state index contributed by atoms with van der Waals surface area (Å²) in [6.07, 6.45) is -2.84. The SMILES string of the molecule is C=CCn1c(SCC(=O)Nc2cccc(C(F)(F)F)c2)nnc1-c1cc2cc(Cl)ccc2o1. The van der Waals surface area contributed by atoms with Gasteiger partial charge in [0.15, 0.2) is 10.9 Å². The maximum absolute atomic E-state index is 12.9. The molecular formula is C22H16ClF3N4O2S. The smallest absolute Gasteiger partial charge is 0.416 e. The molecule has 0 saturated heterocycles. The molecule has 2 heterocycles. The third kappa shape index (κ3) is 5.23. The van der Waals surface area contributed by atoms with E-state index < -0.39 is 17.6 Å². The lowest BCUT2D eigenvalue weighted by molar-refractivity contribution is -0.137. The second-order valence-corrected chi connectivity index (χ2v) is 8.29. The maximum Gasteiger partial charge on any atom is 0.416 e. The van der Waals surface area contributed by atoms with Crippen LogP contribution in [0.5, 0.6) is 0 Å². The van der Waals surface area contributed by atoms with Gasteiger partial charge in [0.25, 0.3) is 0 Å². The molecule has 33 heavy (non-hydrogen) atoms. The van der Waals surface area contributed by atoms with Crippen molar-refractivity contribution in [1.82, 2.24) is 14.8 Å². The molecular weight excluding hydrogens is 477 g/mol. The van der Waals surface area contributed by atoms with Crippen LogP contribution in [-0.2, 0) is 17.5 Å². The number of thioether (sulfide) groups is 1. The topological polar surface area (TPSA) is 73.0 Å². The van der Waals surface area contributed by atoms with Crippen molar-refractivity contribution < 1.29 is 22.4 Å². The molecule has 11 heteroatoms. The number of carbonyl (C=O) groups is 1. The highest BCUT2D eigenvalue weighted by Gasteiger charge is 2.30. The van der Waals surface area contributed by atoms with E-state index in [0.717, 1.165) is 29.3 Å². The number of rotatable bonds is 7. The fourth-order valence-corrected chi connectivity index (χ4v) is 4.02. The van der Waals surface area contributed by atoms with Crippen molar-refractivity contribution >= 4 is 45.9 Å². The van der Waals surface area contributed by atoms with Gasteiger partial charge >= 0.3 is 6.18 Å². The first kappa shape index (κ1) is 22.9. The zero-order valence-electron chi connectivity index (χ0n) is 16.9. The number of carbonyl (C=O) groups excluding carboxylic acids is 1. The number of fused-ring (bicyclic) bond motifs is 1. The van der Waals surface area contributed by atoms with Gasteiger partial charge in [0.1, 0.15) is 5.58 Å². The Balaban J connectivity index is 1.50. The largest absolute Gasteiger partial charge is 0.453 e. The quantitative estimate of drug-likeness (QED) is 0.243. The van der Waals surface area contributed by atoms with Gasteiger partial charge in [-0.1, -0.05) is 35.5 Å². The van der Waals surface area contributed by atoms with Crippen LogP contribution in [0.4, 0.5) is 18.9 Å². The fraction of sp³-hybridized carbons (Fsp3) is 0.136. The van der Waals surface area contributed by atoms with Crippen molar-refractivity contribution in [2.45, 2.75) is 17.9 Å². The molecule has 170 valence electrons. The van der Waals surface area contributed by atoms with E-state index in [4.69, 9.17) is 16.0 Å². The normalized spacial score (nSPS) is 11.6. The van der Waals surface area contributed by atoms with E-state index >= 15 is 0 Å². The number of hydrogen-bond donors (Lipinski definition) is 1. The van der Waals surface area contributed by atoms with Gasteiger partial charge in [0, 0.05) is 22.6 Å². The zero-order chi connectivity index (χ0) is 23.6. The van der Waals surface area contributed by atoms with Gasteiger partial charge in [-0.3, -0.25) is 9.36 Å². The molecule has 1 N–H and O–H groups in total. The van der Waals surface area contributed by atoms with Gasteiger partial charge < -0.3 is 9.73 Å². The lowest BCUT2D eigenvalue weighted by Crippen LogP contribution is -2.15. The Kier molecular flexibility index (Phi) is 6.48. The van der Waals surface area contributed by atoms with E-state index in [1.165, 1.54) is 12.1 Å². The van der Waals surface area contributed by atoms with Crippen LogP contribution in [0.2, 0.25) is 5.02 Å². The summed E-state index contributed by atoms with van der Waals surface area (Å²) in [5.74, 6) is 0.360. The fourth-order valence-electron chi connectivity index (χ4n) is 3.10. The molecule has 0 aliphatic heterocycles. The van der Waals surface area contributed by atoms with Gasteiger partial charge in [-0.25, -0.2) is 0 Å². The number of hydrogen-bond acceptors (Lipinski definition) is 5. The summed E-state index contributed by atoms with van der Waals surface area (Å²) in [5.41, 5.74) is -0.141. The Morgan fingerprint density at radius 1 is 1.21 bits per heavy atom. The minimum Gasteiger partial charge on any atom is -0.453 e. The van der Waals surface area contributed by atoms with Crippen molar-refractivity contribution in [1.29, 1.82) is 0 Å². The summed E-state index contributed by atoms with van der Waals surface area (Å²) in [5, 5.41) is 12.6. The average Bonchev–Trinajstić information content (AvgIpc) is 3.35. The summed E-state index contributed by atoms with van der Waals surface area (Å²) >= 11 is 7.13. The predicted octanol–water partition coefficient (Wildman–Crippen LogP) is 6.28. The number of aromatic nitrogens is 3. The number of nitrogens with one attached hydrogen (secondary N) is 1. The van der Waals surface area contributed by atoms with Crippen molar-refractivity contribution in [3.05, 3.63) is 71.8 Å². The van der Waals surface area contributed by atoms with Crippen LogP contribution in [0.25, 0.3) is 22.6 Å². The molecule has 0 radical (unpaired) electrons. The lowest BCUT2D eigenvalue weighted by Gasteiger charge is -2.10. The second-order valence-electron chi connectivity index (χ2n) is 6.91. The summed E-state index contributed by atoms with van der Waals surface area (Å²) in [6.45, 7) is 4.10. The van der Waals surface area contributed by atoms with Gasteiger partial charge in [0.05, 0.1) is 11.3 Å². The average molecular weight is 493 g/mol.